The largest absolute Gasteiger partial charge is 0.375 e. The first-order valence-corrected chi connectivity index (χ1v) is 11.8. The normalized spacial score (nSPS) is 21.2. The van der Waals surface area contributed by atoms with Crippen LogP contribution >= 0.6 is 11.3 Å². The molecule has 2 amide bonds. The van der Waals surface area contributed by atoms with Gasteiger partial charge < -0.3 is 16.0 Å². The van der Waals surface area contributed by atoms with E-state index in [9.17, 15) is 14.0 Å². The second-order valence-electron chi connectivity index (χ2n) is 8.60. The van der Waals surface area contributed by atoms with Crippen LogP contribution in [0.1, 0.15) is 46.3 Å². The zero-order valence-corrected chi connectivity index (χ0v) is 19.2. The number of nitrogens with two attached hydrogens (primary N) is 1. The molecule has 2 fully saturated rings. The number of anilines is 1. The fourth-order valence-electron chi connectivity index (χ4n) is 4.70. The van der Waals surface area contributed by atoms with E-state index in [1.54, 1.807) is 23.0 Å². The summed E-state index contributed by atoms with van der Waals surface area (Å²) in [5, 5.41) is 7.56. The topological polar surface area (TPSA) is 106 Å². The van der Waals surface area contributed by atoms with Crippen molar-refractivity contribution in [1.29, 1.82) is 0 Å². The third kappa shape index (κ3) is 3.99. The van der Waals surface area contributed by atoms with Gasteiger partial charge in [-0.25, -0.2) is 9.37 Å². The van der Waals surface area contributed by atoms with Gasteiger partial charge in [0.05, 0.1) is 22.2 Å². The highest BCUT2D eigenvalue weighted by atomic mass is 32.1. The minimum Gasteiger partial charge on any atom is -0.375 e. The molecule has 0 radical (unpaired) electrons. The number of hydrogen-bond acceptors (Lipinski definition) is 6. The Morgan fingerprint density at radius 3 is 2.88 bits per heavy atom. The Labute approximate surface area is 194 Å². The summed E-state index contributed by atoms with van der Waals surface area (Å²) in [5.41, 5.74) is 7.97. The van der Waals surface area contributed by atoms with E-state index in [2.05, 4.69) is 15.4 Å². The van der Waals surface area contributed by atoms with Crippen LogP contribution in [0.15, 0.2) is 30.5 Å². The van der Waals surface area contributed by atoms with E-state index in [1.165, 1.54) is 23.5 Å². The van der Waals surface area contributed by atoms with Crippen molar-refractivity contribution < 1.29 is 14.0 Å². The van der Waals surface area contributed by atoms with Crippen LogP contribution in [0, 0.1) is 18.7 Å². The number of halogens is 1. The summed E-state index contributed by atoms with van der Waals surface area (Å²) >= 11 is 1.17. The lowest BCUT2D eigenvalue weighted by Crippen LogP contribution is -2.45. The summed E-state index contributed by atoms with van der Waals surface area (Å²) in [6, 6.07) is 6.09. The Balaban J connectivity index is 1.35. The van der Waals surface area contributed by atoms with Crippen molar-refractivity contribution in [3.8, 4) is 10.4 Å². The maximum Gasteiger partial charge on any atom is 0.274 e. The average molecular weight is 469 g/mol. The van der Waals surface area contributed by atoms with Crippen molar-refractivity contribution in [2.75, 3.05) is 12.3 Å². The smallest absolute Gasteiger partial charge is 0.274 e. The van der Waals surface area contributed by atoms with E-state index in [1.807, 2.05) is 18.7 Å². The number of thiazole rings is 1. The van der Waals surface area contributed by atoms with Gasteiger partial charge in [0.15, 0.2) is 5.13 Å². The number of nitrogen functional groups attached to an aromatic ring is 1. The van der Waals surface area contributed by atoms with E-state index >= 15 is 0 Å². The lowest BCUT2D eigenvalue weighted by molar-refractivity contribution is 0.0684. The van der Waals surface area contributed by atoms with Crippen LogP contribution in [0.3, 0.4) is 0 Å². The molecule has 3 heterocycles. The molecule has 1 saturated carbocycles. The highest BCUT2D eigenvalue weighted by molar-refractivity contribution is 7.19. The molecule has 5 rings (SSSR count). The molecule has 0 bridgehead atoms. The lowest BCUT2D eigenvalue weighted by atomic mass is 10.1. The Morgan fingerprint density at radius 1 is 1.33 bits per heavy atom. The van der Waals surface area contributed by atoms with Crippen LogP contribution in [0.4, 0.5) is 9.52 Å². The number of nitrogens with zero attached hydrogens (tertiary/aromatic N) is 4. The van der Waals surface area contributed by atoms with E-state index in [0.29, 0.717) is 40.7 Å². The second kappa shape index (κ2) is 8.26. The number of benzene rings is 1. The van der Waals surface area contributed by atoms with Gasteiger partial charge in [0.1, 0.15) is 11.5 Å². The first-order valence-electron chi connectivity index (χ1n) is 11.0. The van der Waals surface area contributed by atoms with Gasteiger partial charge in [0.2, 0.25) is 0 Å². The molecule has 2 aromatic heterocycles. The number of aryl methyl sites for hydroxylation is 2. The minimum absolute atomic E-state index is 0.130. The standard InChI is InChI=1S/C23H25FN6O2S/c1-3-29-11-17(12(2)28-29)21(31)26-10-16-8-14-9-18(14)30(16)22(32)19-20(33-23(25)27-19)13-5-4-6-15(24)7-13/h4-7,11,14,16,18H,3,8-10H2,1-2H3,(H2,25,27)(H,26,31)/t14-,16+,18+/m1/s1. The van der Waals surface area contributed by atoms with Gasteiger partial charge in [0.25, 0.3) is 11.8 Å². The first kappa shape index (κ1) is 21.6. The van der Waals surface area contributed by atoms with E-state index < -0.39 is 0 Å². The number of rotatable bonds is 6. The van der Waals surface area contributed by atoms with Gasteiger partial charge in [-0.15, -0.1) is 0 Å². The van der Waals surface area contributed by atoms with Gasteiger partial charge in [-0.3, -0.25) is 14.3 Å². The number of piperidine rings is 1. The molecule has 10 heteroatoms. The molecule has 0 spiro atoms. The fraction of sp³-hybridized carbons (Fsp3) is 0.391. The molecular weight excluding hydrogens is 443 g/mol. The zero-order valence-electron chi connectivity index (χ0n) is 18.4. The second-order valence-corrected chi connectivity index (χ2v) is 9.63. The monoisotopic (exact) mass is 468 g/mol. The lowest BCUT2D eigenvalue weighted by Gasteiger charge is -2.27. The summed E-state index contributed by atoms with van der Waals surface area (Å²) in [6.07, 6.45) is 3.52. The molecule has 3 N–H and O–H groups in total. The van der Waals surface area contributed by atoms with Crippen LogP contribution in [-0.2, 0) is 6.54 Å². The molecule has 3 aromatic rings. The van der Waals surface area contributed by atoms with Crippen molar-refractivity contribution in [2.45, 2.75) is 45.3 Å². The Kier molecular flexibility index (Phi) is 5.40. The molecule has 2 aliphatic rings. The molecule has 1 saturated heterocycles. The SMILES string of the molecule is CCn1cc(C(=O)NC[C@@H]2C[C@@H]3C[C@@H]3N2C(=O)c2nc(N)sc2-c2cccc(F)c2)c(C)n1. The molecule has 1 aliphatic carbocycles. The molecular formula is C23H25FN6O2S. The molecule has 172 valence electrons. The summed E-state index contributed by atoms with van der Waals surface area (Å²) in [4.78, 5) is 33.0. The molecule has 1 aromatic carbocycles. The minimum atomic E-state index is -0.386. The van der Waals surface area contributed by atoms with Crippen molar-refractivity contribution >= 4 is 28.3 Å². The Morgan fingerprint density at radius 2 is 2.15 bits per heavy atom. The van der Waals surface area contributed by atoms with Crippen LogP contribution in [0.5, 0.6) is 0 Å². The maximum absolute atomic E-state index is 13.8. The predicted octanol–water partition coefficient (Wildman–Crippen LogP) is 3.09. The average Bonchev–Trinajstić information content (AvgIpc) is 3.11. The molecule has 0 unspecified atom stereocenters. The number of amides is 2. The van der Waals surface area contributed by atoms with Gasteiger partial charge >= 0.3 is 0 Å². The number of likely N-dealkylation sites (tertiary alicyclic amines) is 1. The van der Waals surface area contributed by atoms with Crippen molar-refractivity contribution in [3.05, 3.63) is 53.2 Å². The van der Waals surface area contributed by atoms with Crippen molar-refractivity contribution in [3.63, 3.8) is 0 Å². The number of nitrogens with one attached hydrogen (secondary N) is 1. The fourth-order valence-corrected chi connectivity index (χ4v) is 5.52. The number of hydrogen-bond donors (Lipinski definition) is 2. The number of carbonyl (C=O) groups is 2. The highest BCUT2D eigenvalue weighted by Gasteiger charge is 2.54. The highest BCUT2D eigenvalue weighted by Crippen LogP contribution is 2.49. The van der Waals surface area contributed by atoms with Gasteiger partial charge in [-0.1, -0.05) is 23.5 Å². The summed E-state index contributed by atoms with van der Waals surface area (Å²) in [5.74, 6) is -0.363. The van der Waals surface area contributed by atoms with E-state index in [4.69, 9.17) is 5.73 Å². The predicted molar refractivity (Wildman–Crippen MR) is 123 cm³/mol. The van der Waals surface area contributed by atoms with Crippen LogP contribution in [0.2, 0.25) is 0 Å². The molecule has 33 heavy (non-hydrogen) atoms. The van der Waals surface area contributed by atoms with Crippen LogP contribution in [0.25, 0.3) is 10.4 Å². The number of aromatic nitrogens is 3. The number of fused-ring (bicyclic) bond motifs is 1. The molecule has 1 aliphatic heterocycles. The third-order valence-corrected chi connectivity index (χ3v) is 7.33. The molecule has 8 nitrogen and oxygen atoms in total. The van der Waals surface area contributed by atoms with Gasteiger partial charge in [-0.2, -0.15) is 5.10 Å². The van der Waals surface area contributed by atoms with Gasteiger partial charge in [-0.05, 0) is 50.3 Å². The maximum atomic E-state index is 13.8. The third-order valence-electron chi connectivity index (χ3n) is 6.39. The Hall–Kier alpha value is -3.27. The molecule has 3 atom stereocenters. The van der Waals surface area contributed by atoms with Gasteiger partial charge in [0, 0.05) is 25.3 Å². The number of carbonyl (C=O) groups excluding carboxylic acids is 2. The zero-order chi connectivity index (χ0) is 23.3. The van der Waals surface area contributed by atoms with Crippen LogP contribution in [-0.4, -0.2) is 50.1 Å². The summed E-state index contributed by atoms with van der Waals surface area (Å²) in [7, 11) is 0. The van der Waals surface area contributed by atoms with Crippen molar-refractivity contribution in [2.24, 2.45) is 5.92 Å². The first-order chi connectivity index (χ1) is 15.9. The quantitative estimate of drug-likeness (QED) is 0.578. The van der Waals surface area contributed by atoms with E-state index in [-0.39, 0.29) is 40.5 Å². The Bertz CT molecular complexity index is 1240. The van der Waals surface area contributed by atoms with Crippen molar-refractivity contribution in [1.82, 2.24) is 25.0 Å². The summed E-state index contributed by atoms with van der Waals surface area (Å²) < 4.78 is 15.5. The van der Waals surface area contributed by atoms with E-state index in [0.717, 1.165) is 12.8 Å². The van der Waals surface area contributed by atoms with Crippen LogP contribution < -0.4 is 11.1 Å². The summed E-state index contributed by atoms with van der Waals surface area (Å²) in [6.45, 7) is 4.81.